The SMILES string of the molecule is CC(CC(=O)NCC1CCN(C)C1)c1ccc(N)cc1. The number of carbonyl (C=O) groups excluding carboxylic acids is 1. The van der Waals surface area contributed by atoms with Crippen molar-refractivity contribution in [2.24, 2.45) is 5.92 Å². The van der Waals surface area contributed by atoms with Gasteiger partial charge in [-0.1, -0.05) is 19.1 Å². The number of amides is 1. The fourth-order valence-electron chi connectivity index (χ4n) is 2.74. The number of hydrogen-bond donors (Lipinski definition) is 2. The molecule has 1 aliphatic heterocycles. The molecular weight excluding hydrogens is 250 g/mol. The van der Waals surface area contributed by atoms with Crippen molar-refractivity contribution in [3.8, 4) is 0 Å². The average Bonchev–Trinajstić information content (AvgIpc) is 2.83. The molecule has 4 nitrogen and oxygen atoms in total. The Labute approximate surface area is 121 Å². The predicted molar refractivity (Wildman–Crippen MR) is 82.5 cm³/mol. The lowest BCUT2D eigenvalue weighted by Gasteiger charge is -2.15. The largest absolute Gasteiger partial charge is 0.399 e. The summed E-state index contributed by atoms with van der Waals surface area (Å²) in [5.74, 6) is 0.974. The lowest BCUT2D eigenvalue weighted by molar-refractivity contribution is -0.121. The van der Waals surface area contributed by atoms with Gasteiger partial charge in [-0.25, -0.2) is 0 Å². The summed E-state index contributed by atoms with van der Waals surface area (Å²) in [4.78, 5) is 14.3. The maximum atomic E-state index is 12.0. The fraction of sp³-hybridized carbons (Fsp3) is 0.562. The van der Waals surface area contributed by atoms with Gasteiger partial charge < -0.3 is 16.0 Å². The van der Waals surface area contributed by atoms with Gasteiger partial charge in [0.2, 0.25) is 5.91 Å². The van der Waals surface area contributed by atoms with E-state index in [1.165, 1.54) is 6.42 Å². The van der Waals surface area contributed by atoms with Crippen LogP contribution in [0.4, 0.5) is 5.69 Å². The van der Waals surface area contributed by atoms with Gasteiger partial charge in [-0.15, -0.1) is 0 Å². The van der Waals surface area contributed by atoms with Crippen molar-refractivity contribution >= 4 is 11.6 Å². The predicted octanol–water partition coefficient (Wildman–Crippen LogP) is 1.83. The number of nitrogens with one attached hydrogen (secondary N) is 1. The van der Waals surface area contributed by atoms with Gasteiger partial charge in [0.25, 0.3) is 0 Å². The second-order valence-electron chi connectivity index (χ2n) is 5.99. The van der Waals surface area contributed by atoms with Crippen molar-refractivity contribution in [1.29, 1.82) is 0 Å². The van der Waals surface area contributed by atoms with Crippen LogP contribution in [-0.2, 0) is 4.79 Å². The van der Waals surface area contributed by atoms with Gasteiger partial charge in [-0.05, 0) is 49.5 Å². The van der Waals surface area contributed by atoms with Gasteiger partial charge in [0, 0.05) is 25.2 Å². The normalized spacial score (nSPS) is 20.8. The first-order valence-corrected chi connectivity index (χ1v) is 7.35. The molecule has 0 bridgehead atoms. The van der Waals surface area contributed by atoms with Crippen molar-refractivity contribution in [1.82, 2.24) is 10.2 Å². The van der Waals surface area contributed by atoms with Crippen molar-refractivity contribution in [2.45, 2.75) is 25.7 Å². The molecule has 110 valence electrons. The molecule has 1 aliphatic rings. The van der Waals surface area contributed by atoms with Gasteiger partial charge >= 0.3 is 0 Å². The molecule has 0 saturated carbocycles. The minimum Gasteiger partial charge on any atom is -0.399 e. The topological polar surface area (TPSA) is 58.4 Å². The molecule has 2 rings (SSSR count). The highest BCUT2D eigenvalue weighted by molar-refractivity contribution is 5.76. The van der Waals surface area contributed by atoms with E-state index in [2.05, 4.69) is 24.2 Å². The number of nitrogens with zero attached hydrogens (tertiary/aromatic N) is 1. The Morgan fingerprint density at radius 1 is 1.45 bits per heavy atom. The maximum Gasteiger partial charge on any atom is 0.220 e. The van der Waals surface area contributed by atoms with Crippen LogP contribution in [0.15, 0.2) is 24.3 Å². The summed E-state index contributed by atoms with van der Waals surface area (Å²) < 4.78 is 0. The Kier molecular flexibility index (Phi) is 5.01. The molecule has 3 N–H and O–H groups in total. The highest BCUT2D eigenvalue weighted by Crippen LogP contribution is 2.20. The summed E-state index contributed by atoms with van der Waals surface area (Å²) in [6.07, 6.45) is 1.72. The monoisotopic (exact) mass is 275 g/mol. The molecule has 2 atom stereocenters. The van der Waals surface area contributed by atoms with Crippen LogP contribution in [0.25, 0.3) is 0 Å². The van der Waals surface area contributed by atoms with Crippen molar-refractivity contribution < 1.29 is 4.79 Å². The van der Waals surface area contributed by atoms with Crippen molar-refractivity contribution in [3.05, 3.63) is 29.8 Å². The van der Waals surface area contributed by atoms with E-state index in [-0.39, 0.29) is 11.8 Å². The molecule has 4 heteroatoms. The summed E-state index contributed by atoms with van der Waals surface area (Å²) in [6.45, 7) is 5.11. The Balaban J connectivity index is 1.75. The highest BCUT2D eigenvalue weighted by Gasteiger charge is 2.20. The minimum absolute atomic E-state index is 0.142. The van der Waals surface area contributed by atoms with Crippen LogP contribution >= 0.6 is 0 Å². The van der Waals surface area contributed by atoms with Crippen LogP contribution in [0, 0.1) is 5.92 Å². The zero-order valence-electron chi connectivity index (χ0n) is 12.4. The fourth-order valence-corrected chi connectivity index (χ4v) is 2.74. The lowest BCUT2D eigenvalue weighted by atomic mass is 9.97. The smallest absolute Gasteiger partial charge is 0.220 e. The van der Waals surface area contributed by atoms with Crippen molar-refractivity contribution in [3.63, 3.8) is 0 Å². The molecule has 0 spiro atoms. The van der Waals surface area contributed by atoms with Gasteiger partial charge in [0.15, 0.2) is 0 Å². The second-order valence-corrected chi connectivity index (χ2v) is 5.99. The molecule has 0 aliphatic carbocycles. The van der Waals surface area contributed by atoms with Gasteiger partial charge in [0.1, 0.15) is 0 Å². The third-order valence-corrected chi connectivity index (χ3v) is 4.07. The lowest BCUT2D eigenvalue weighted by Crippen LogP contribution is -2.31. The average molecular weight is 275 g/mol. The summed E-state index contributed by atoms with van der Waals surface area (Å²) in [6, 6.07) is 7.77. The van der Waals surface area contributed by atoms with Crippen LogP contribution in [0.5, 0.6) is 0 Å². The number of anilines is 1. The van der Waals surface area contributed by atoms with E-state index in [4.69, 9.17) is 5.73 Å². The Bertz CT molecular complexity index is 444. The molecule has 1 heterocycles. The third-order valence-electron chi connectivity index (χ3n) is 4.07. The standard InChI is InChI=1S/C16H25N3O/c1-12(14-3-5-15(17)6-4-14)9-16(20)18-10-13-7-8-19(2)11-13/h3-6,12-13H,7-11,17H2,1-2H3,(H,18,20). The molecule has 1 saturated heterocycles. The van der Waals surface area contributed by atoms with E-state index >= 15 is 0 Å². The van der Waals surface area contributed by atoms with Gasteiger partial charge in [0.05, 0.1) is 0 Å². The zero-order chi connectivity index (χ0) is 14.5. The number of nitrogens with two attached hydrogens (primary N) is 1. The first kappa shape index (κ1) is 14.9. The quantitative estimate of drug-likeness (QED) is 0.806. The van der Waals surface area contributed by atoms with E-state index in [0.29, 0.717) is 12.3 Å². The Hall–Kier alpha value is -1.55. The molecule has 0 aromatic heterocycles. The van der Waals surface area contributed by atoms with Crippen LogP contribution in [-0.4, -0.2) is 37.5 Å². The van der Waals surface area contributed by atoms with E-state index < -0.39 is 0 Å². The number of likely N-dealkylation sites (tertiary alicyclic amines) is 1. The Morgan fingerprint density at radius 2 is 2.15 bits per heavy atom. The molecule has 1 aromatic rings. The summed E-state index contributed by atoms with van der Waals surface area (Å²) in [5.41, 5.74) is 7.60. The van der Waals surface area contributed by atoms with Gasteiger partial charge in [-0.3, -0.25) is 4.79 Å². The second kappa shape index (κ2) is 6.75. The number of nitrogen functional groups attached to an aromatic ring is 1. The number of rotatable bonds is 5. The molecular formula is C16H25N3O. The third kappa shape index (κ3) is 4.23. The van der Waals surface area contributed by atoms with Crippen LogP contribution in [0.3, 0.4) is 0 Å². The Morgan fingerprint density at radius 3 is 2.75 bits per heavy atom. The molecule has 0 radical (unpaired) electrons. The van der Waals surface area contributed by atoms with Gasteiger partial charge in [-0.2, -0.15) is 0 Å². The molecule has 20 heavy (non-hydrogen) atoms. The first-order chi connectivity index (χ1) is 9.54. The maximum absolute atomic E-state index is 12.0. The van der Waals surface area contributed by atoms with E-state index in [1.54, 1.807) is 0 Å². The van der Waals surface area contributed by atoms with Crippen LogP contribution in [0.1, 0.15) is 31.2 Å². The summed E-state index contributed by atoms with van der Waals surface area (Å²) in [7, 11) is 2.13. The zero-order valence-corrected chi connectivity index (χ0v) is 12.4. The number of benzene rings is 1. The van der Waals surface area contributed by atoms with Crippen molar-refractivity contribution in [2.75, 3.05) is 32.4 Å². The number of carbonyl (C=O) groups is 1. The number of hydrogen-bond acceptors (Lipinski definition) is 3. The first-order valence-electron chi connectivity index (χ1n) is 7.35. The molecule has 2 unspecified atom stereocenters. The minimum atomic E-state index is 0.142. The highest BCUT2D eigenvalue weighted by atomic mass is 16.1. The van der Waals surface area contributed by atoms with E-state index in [1.807, 2.05) is 24.3 Å². The molecule has 1 aromatic carbocycles. The summed E-state index contributed by atoms with van der Waals surface area (Å²) >= 11 is 0. The molecule has 1 fully saturated rings. The van der Waals surface area contributed by atoms with E-state index in [9.17, 15) is 4.79 Å². The summed E-state index contributed by atoms with van der Waals surface area (Å²) in [5, 5.41) is 3.07. The molecule has 1 amide bonds. The van der Waals surface area contributed by atoms with Crippen LogP contribution in [0.2, 0.25) is 0 Å². The van der Waals surface area contributed by atoms with E-state index in [0.717, 1.165) is 30.9 Å². The van der Waals surface area contributed by atoms with Crippen LogP contribution < -0.4 is 11.1 Å².